The van der Waals surface area contributed by atoms with Gasteiger partial charge < -0.3 is 20.3 Å². The first-order valence-electron chi connectivity index (χ1n) is 8.33. The third kappa shape index (κ3) is 5.83. The number of carbonyl (C=O) groups excluding carboxylic acids is 1. The third-order valence-corrected chi connectivity index (χ3v) is 4.20. The van der Waals surface area contributed by atoms with Gasteiger partial charge in [0, 0.05) is 13.1 Å². The van der Waals surface area contributed by atoms with Crippen molar-refractivity contribution >= 4 is 6.09 Å². The fraction of sp³-hybridized carbons (Fsp3) is 0.938. The number of amides is 1. The maximum Gasteiger partial charge on any atom is 0.410 e. The molecular formula is C16H31N3O2. The lowest BCUT2D eigenvalue weighted by Crippen LogP contribution is -2.38. The van der Waals surface area contributed by atoms with Crippen LogP contribution in [0.15, 0.2) is 0 Å². The average Bonchev–Trinajstić information content (AvgIpc) is 2.87. The van der Waals surface area contributed by atoms with E-state index in [1.54, 1.807) is 0 Å². The molecule has 2 rings (SSSR count). The maximum atomic E-state index is 12.0. The number of hydrogen-bond donors (Lipinski definition) is 2. The van der Waals surface area contributed by atoms with E-state index in [0.29, 0.717) is 5.92 Å². The van der Waals surface area contributed by atoms with E-state index in [4.69, 9.17) is 4.74 Å². The zero-order valence-electron chi connectivity index (χ0n) is 13.8. The van der Waals surface area contributed by atoms with Crippen LogP contribution in [0.5, 0.6) is 0 Å². The van der Waals surface area contributed by atoms with Crippen LogP contribution in [0.4, 0.5) is 4.79 Å². The summed E-state index contributed by atoms with van der Waals surface area (Å²) in [5.41, 5.74) is -0.401. The Kier molecular flexibility index (Phi) is 5.88. The van der Waals surface area contributed by atoms with Crippen molar-refractivity contribution in [1.29, 1.82) is 0 Å². The summed E-state index contributed by atoms with van der Waals surface area (Å²) in [5.74, 6) is 1.33. The molecule has 5 nitrogen and oxygen atoms in total. The normalized spacial score (nSPS) is 26.9. The number of nitrogens with one attached hydrogen (secondary N) is 2. The Hall–Kier alpha value is -0.810. The summed E-state index contributed by atoms with van der Waals surface area (Å²) < 4.78 is 5.43. The molecule has 0 bridgehead atoms. The molecule has 0 aromatic heterocycles. The first-order chi connectivity index (χ1) is 9.94. The van der Waals surface area contributed by atoms with E-state index >= 15 is 0 Å². The lowest BCUT2D eigenvalue weighted by Gasteiger charge is -2.25. The van der Waals surface area contributed by atoms with Gasteiger partial charge in [-0.3, -0.25) is 0 Å². The maximum absolute atomic E-state index is 12.0. The molecule has 2 heterocycles. The van der Waals surface area contributed by atoms with E-state index in [2.05, 4.69) is 10.6 Å². The highest BCUT2D eigenvalue weighted by Crippen LogP contribution is 2.19. The van der Waals surface area contributed by atoms with Gasteiger partial charge in [0.05, 0.1) is 0 Å². The highest BCUT2D eigenvalue weighted by molar-refractivity contribution is 5.68. The molecule has 0 radical (unpaired) electrons. The Morgan fingerprint density at radius 2 is 2.05 bits per heavy atom. The van der Waals surface area contributed by atoms with Crippen molar-refractivity contribution in [1.82, 2.24) is 15.5 Å². The summed E-state index contributed by atoms with van der Waals surface area (Å²) in [4.78, 5) is 13.8. The number of ether oxygens (including phenoxy) is 1. The molecule has 2 aliphatic heterocycles. The van der Waals surface area contributed by atoms with Gasteiger partial charge in [0.15, 0.2) is 0 Å². The molecule has 0 aliphatic carbocycles. The smallest absolute Gasteiger partial charge is 0.410 e. The van der Waals surface area contributed by atoms with Crippen molar-refractivity contribution in [3.8, 4) is 0 Å². The van der Waals surface area contributed by atoms with Crippen LogP contribution >= 0.6 is 0 Å². The number of carbonyl (C=O) groups is 1. The molecular weight excluding hydrogens is 266 g/mol. The van der Waals surface area contributed by atoms with Crippen LogP contribution in [0.25, 0.3) is 0 Å². The minimum Gasteiger partial charge on any atom is -0.444 e. The number of rotatable bonds is 4. The molecule has 5 heteroatoms. The molecule has 122 valence electrons. The van der Waals surface area contributed by atoms with E-state index < -0.39 is 5.60 Å². The zero-order chi connectivity index (χ0) is 15.3. The first kappa shape index (κ1) is 16.6. The molecule has 0 aromatic carbocycles. The quantitative estimate of drug-likeness (QED) is 0.831. The summed E-state index contributed by atoms with van der Waals surface area (Å²) in [7, 11) is 0. The summed E-state index contributed by atoms with van der Waals surface area (Å²) in [6.45, 7) is 11.8. The Labute approximate surface area is 128 Å². The lowest BCUT2D eigenvalue weighted by atomic mass is 9.99. The standard InChI is InChI=1S/C16H31N3O2/c1-16(2,3)21-15(20)19-8-6-14(12-19)11-18-10-13-5-4-7-17-9-13/h13-14,17-18H,4-12H2,1-3H3. The van der Waals surface area contributed by atoms with Gasteiger partial charge in [-0.1, -0.05) is 0 Å². The second-order valence-electron chi connectivity index (χ2n) is 7.45. The van der Waals surface area contributed by atoms with Crippen molar-refractivity contribution in [2.45, 2.75) is 45.6 Å². The fourth-order valence-corrected chi connectivity index (χ4v) is 3.08. The van der Waals surface area contributed by atoms with Crippen molar-refractivity contribution in [3.05, 3.63) is 0 Å². The van der Waals surface area contributed by atoms with Crippen molar-refractivity contribution in [2.75, 3.05) is 39.3 Å². The van der Waals surface area contributed by atoms with Crippen LogP contribution in [0.2, 0.25) is 0 Å². The van der Waals surface area contributed by atoms with Gasteiger partial charge in [0.2, 0.25) is 0 Å². The minimum atomic E-state index is -0.401. The van der Waals surface area contributed by atoms with Crippen LogP contribution < -0.4 is 10.6 Å². The van der Waals surface area contributed by atoms with Gasteiger partial charge in [-0.2, -0.15) is 0 Å². The van der Waals surface area contributed by atoms with Crippen molar-refractivity contribution in [2.24, 2.45) is 11.8 Å². The van der Waals surface area contributed by atoms with Crippen LogP contribution in [-0.4, -0.2) is 55.9 Å². The van der Waals surface area contributed by atoms with Crippen LogP contribution in [0.1, 0.15) is 40.0 Å². The van der Waals surface area contributed by atoms with Crippen LogP contribution in [0, 0.1) is 11.8 Å². The van der Waals surface area contributed by atoms with E-state index in [9.17, 15) is 4.79 Å². The highest BCUT2D eigenvalue weighted by Gasteiger charge is 2.29. The van der Waals surface area contributed by atoms with Gasteiger partial charge in [0.1, 0.15) is 5.60 Å². The summed E-state index contributed by atoms with van der Waals surface area (Å²) >= 11 is 0. The Morgan fingerprint density at radius 3 is 2.71 bits per heavy atom. The second kappa shape index (κ2) is 7.45. The molecule has 0 aromatic rings. The van der Waals surface area contributed by atoms with Gasteiger partial charge in [-0.15, -0.1) is 0 Å². The second-order valence-corrected chi connectivity index (χ2v) is 7.45. The molecule has 1 amide bonds. The molecule has 2 N–H and O–H groups in total. The minimum absolute atomic E-state index is 0.165. The van der Waals surface area contributed by atoms with E-state index in [-0.39, 0.29) is 6.09 Å². The van der Waals surface area contributed by atoms with Crippen LogP contribution in [-0.2, 0) is 4.74 Å². The van der Waals surface area contributed by atoms with E-state index in [1.807, 2.05) is 25.7 Å². The first-order valence-corrected chi connectivity index (χ1v) is 8.33. The monoisotopic (exact) mass is 297 g/mol. The van der Waals surface area contributed by atoms with Gasteiger partial charge in [0.25, 0.3) is 0 Å². The molecule has 2 saturated heterocycles. The van der Waals surface area contributed by atoms with Gasteiger partial charge in [-0.25, -0.2) is 4.79 Å². The molecule has 2 atom stereocenters. The fourth-order valence-electron chi connectivity index (χ4n) is 3.08. The molecule has 0 spiro atoms. The van der Waals surface area contributed by atoms with Crippen molar-refractivity contribution < 1.29 is 9.53 Å². The molecule has 2 aliphatic rings. The number of hydrogen-bond acceptors (Lipinski definition) is 4. The topological polar surface area (TPSA) is 53.6 Å². The Balaban J connectivity index is 1.62. The number of piperidine rings is 1. The van der Waals surface area contributed by atoms with E-state index in [1.165, 1.54) is 19.4 Å². The summed E-state index contributed by atoms with van der Waals surface area (Å²) in [5, 5.41) is 7.03. The predicted octanol–water partition coefficient (Wildman–Crippen LogP) is 1.83. The SMILES string of the molecule is CC(C)(C)OC(=O)N1CCC(CNCC2CCCNC2)C1. The van der Waals surface area contributed by atoms with Crippen LogP contribution in [0.3, 0.4) is 0 Å². The largest absolute Gasteiger partial charge is 0.444 e. The molecule has 2 fully saturated rings. The van der Waals surface area contributed by atoms with E-state index in [0.717, 1.165) is 45.1 Å². The molecule has 0 saturated carbocycles. The van der Waals surface area contributed by atoms with Gasteiger partial charge >= 0.3 is 6.09 Å². The summed E-state index contributed by atoms with van der Waals surface area (Å²) in [6, 6.07) is 0. The number of nitrogens with zero attached hydrogens (tertiary/aromatic N) is 1. The Morgan fingerprint density at radius 1 is 1.29 bits per heavy atom. The average molecular weight is 297 g/mol. The third-order valence-electron chi connectivity index (χ3n) is 4.20. The predicted molar refractivity (Wildman–Crippen MR) is 84.4 cm³/mol. The highest BCUT2D eigenvalue weighted by atomic mass is 16.6. The summed E-state index contributed by atoms with van der Waals surface area (Å²) in [6.07, 6.45) is 3.54. The Bertz CT molecular complexity index is 335. The molecule has 21 heavy (non-hydrogen) atoms. The lowest BCUT2D eigenvalue weighted by molar-refractivity contribution is 0.0288. The van der Waals surface area contributed by atoms with Crippen molar-refractivity contribution in [3.63, 3.8) is 0 Å². The number of likely N-dealkylation sites (tertiary alicyclic amines) is 1. The van der Waals surface area contributed by atoms with Gasteiger partial charge in [-0.05, 0) is 78.0 Å². The zero-order valence-corrected chi connectivity index (χ0v) is 13.8. The molecule has 2 unspecified atom stereocenters.